The number of imide groups is 2. The average Bonchev–Trinajstić information content (AvgIpc) is 3.23. The maximum Gasteiger partial charge on any atom is 0.334 e. The van der Waals surface area contributed by atoms with Crippen LogP contribution in [0.4, 0.5) is 4.79 Å². The van der Waals surface area contributed by atoms with Crippen molar-refractivity contribution in [2.24, 2.45) is 0 Å². The highest BCUT2D eigenvalue weighted by atomic mass is 32.2. The number of aromatic nitrogens is 2. The second-order valence-corrected chi connectivity index (χ2v) is 10.5. The van der Waals surface area contributed by atoms with Crippen LogP contribution in [0.5, 0.6) is 0 Å². The van der Waals surface area contributed by atoms with E-state index in [1.54, 1.807) is 6.07 Å². The molecule has 0 atom stereocenters. The highest BCUT2D eigenvalue weighted by Crippen LogP contribution is 2.28. The maximum atomic E-state index is 13.0. The Hall–Kier alpha value is -2.79. The molecule has 11 heteroatoms. The highest BCUT2D eigenvalue weighted by molar-refractivity contribution is 7.89. The minimum atomic E-state index is -3.63. The third kappa shape index (κ3) is 3.58. The van der Waals surface area contributed by atoms with Gasteiger partial charge in [0.1, 0.15) is 5.82 Å². The summed E-state index contributed by atoms with van der Waals surface area (Å²) in [6, 6.07) is 3.82. The number of benzene rings is 1. The van der Waals surface area contributed by atoms with Crippen LogP contribution in [0.3, 0.4) is 0 Å². The lowest BCUT2D eigenvalue weighted by Gasteiger charge is -2.28. The Morgan fingerprint density at radius 1 is 1.06 bits per heavy atom. The molecule has 2 heterocycles. The van der Waals surface area contributed by atoms with E-state index in [2.05, 4.69) is 4.98 Å². The number of rotatable bonds is 6. The first-order chi connectivity index (χ1) is 15.2. The fraction of sp³-hybridized carbons (Fsp3) is 0.524. The molecule has 1 aromatic carbocycles. The maximum absolute atomic E-state index is 13.0. The van der Waals surface area contributed by atoms with Gasteiger partial charge in [0, 0.05) is 26.7 Å². The molecule has 1 aliphatic carbocycles. The molecule has 0 unspecified atom stereocenters. The lowest BCUT2D eigenvalue weighted by atomic mass is 9.94. The standard InChI is InChI=1S/C21H27N5O5S/c1-4-24-17-11-10-15(32(30,31)23(2)3)12-16(17)22-18(24)13-25-19(27)20(28)26(21(25)29)14-8-6-5-7-9-14/h10-12,14H,4-9,13H2,1-3H3. The molecule has 10 nitrogen and oxygen atoms in total. The lowest BCUT2D eigenvalue weighted by molar-refractivity contribution is -0.144. The summed E-state index contributed by atoms with van der Waals surface area (Å²) < 4.78 is 27.9. The molecule has 32 heavy (non-hydrogen) atoms. The van der Waals surface area contributed by atoms with Crippen LogP contribution in [0.2, 0.25) is 0 Å². The second-order valence-electron chi connectivity index (χ2n) is 8.35. The first-order valence-electron chi connectivity index (χ1n) is 10.8. The first kappa shape index (κ1) is 22.4. The summed E-state index contributed by atoms with van der Waals surface area (Å²) in [4.78, 5) is 44.9. The molecule has 4 rings (SSSR count). The quantitative estimate of drug-likeness (QED) is 0.480. The van der Waals surface area contributed by atoms with Crippen LogP contribution in [0.15, 0.2) is 23.1 Å². The van der Waals surface area contributed by atoms with E-state index in [9.17, 15) is 22.8 Å². The van der Waals surface area contributed by atoms with Crippen molar-refractivity contribution < 1.29 is 22.8 Å². The average molecular weight is 462 g/mol. The number of hydrogen-bond donors (Lipinski definition) is 0. The minimum absolute atomic E-state index is 0.106. The van der Waals surface area contributed by atoms with E-state index < -0.39 is 27.9 Å². The van der Waals surface area contributed by atoms with Crippen LogP contribution >= 0.6 is 0 Å². The van der Waals surface area contributed by atoms with Gasteiger partial charge in [-0.25, -0.2) is 27.4 Å². The van der Waals surface area contributed by atoms with Crippen molar-refractivity contribution >= 4 is 38.9 Å². The summed E-state index contributed by atoms with van der Waals surface area (Å²) in [5.74, 6) is -1.20. The Balaban J connectivity index is 1.67. The van der Waals surface area contributed by atoms with Gasteiger partial charge in [-0.15, -0.1) is 0 Å². The molecule has 1 aliphatic heterocycles. The number of carbonyl (C=O) groups is 3. The number of hydrogen-bond acceptors (Lipinski definition) is 6. The van der Waals surface area contributed by atoms with Crippen LogP contribution in [0.25, 0.3) is 11.0 Å². The van der Waals surface area contributed by atoms with Gasteiger partial charge in [0.25, 0.3) is 0 Å². The van der Waals surface area contributed by atoms with Gasteiger partial charge < -0.3 is 4.57 Å². The molecule has 2 aromatic rings. The van der Waals surface area contributed by atoms with Gasteiger partial charge >= 0.3 is 17.8 Å². The van der Waals surface area contributed by atoms with Crippen molar-refractivity contribution in [2.45, 2.75) is 63.1 Å². The van der Waals surface area contributed by atoms with Crippen molar-refractivity contribution in [1.82, 2.24) is 23.7 Å². The van der Waals surface area contributed by atoms with Crippen LogP contribution in [-0.2, 0) is 32.7 Å². The fourth-order valence-electron chi connectivity index (χ4n) is 4.47. The monoisotopic (exact) mass is 461 g/mol. The number of carbonyl (C=O) groups excluding carboxylic acids is 3. The Morgan fingerprint density at radius 3 is 2.38 bits per heavy atom. The number of urea groups is 1. The molecule has 2 aliphatic rings. The number of imidazole rings is 1. The van der Waals surface area contributed by atoms with E-state index in [1.807, 2.05) is 11.5 Å². The summed E-state index contributed by atoms with van der Waals surface area (Å²) in [5.41, 5.74) is 1.13. The first-order valence-corrected chi connectivity index (χ1v) is 12.2. The molecular weight excluding hydrogens is 434 g/mol. The normalized spacial score (nSPS) is 18.6. The smallest absolute Gasteiger partial charge is 0.327 e. The Bertz CT molecular complexity index is 1200. The molecule has 0 radical (unpaired) electrons. The van der Waals surface area contributed by atoms with Crippen molar-refractivity contribution in [3.8, 4) is 0 Å². The molecule has 1 saturated heterocycles. The lowest BCUT2D eigenvalue weighted by Crippen LogP contribution is -2.42. The zero-order valence-corrected chi connectivity index (χ0v) is 19.3. The van der Waals surface area contributed by atoms with Gasteiger partial charge in [0.05, 0.1) is 22.5 Å². The van der Waals surface area contributed by atoms with E-state index >= 15 is 0 Å². The largest absolute Gasteiger partial charge is 0.334 e. The van der Waals surface area contributed by atoms with Crippen molar-refractivity contribution in [3.05, 3.63) is 24.0 Å². The zero-order valence-electron chi connectivity index (χ0n) is 18.4. The van der Waals surface area contributed by atoms with E-state index in [4.69, 9.17) is 0 Å². The SMILES string of the molecule is CCn1c(CN2C(=O)C(=O)N(C3CCCCC3)C2=O)nc2cc(S(=O)(=O)N(C)C)ccc21. The molecule has 4 amide bonds. The van der Waals surface area contributed by atoms with Crippen LogP contribution in [0, 0.1) is 0 Å². The van der Waals surface area contributed by atoms with Crippen molar-refractivity contribution in [1.29, 1.82) is 0 Å². The molecule has 172 valence electrons. The number of nitrogens with zero attached hydrogens (tertiary/aromatic N) is 5. The van der Waals surface area contributed by atoms with Gasteiger partial charge in [-0.2, -0.15) is 0 Å². The predicted molar refractivity (Wildman–Crippen MR) is 116 cm³/mol. The van der Waals surface area contributed by atoms with E-state index in [1.165, 1.54) is 26.2 Å². The van der Waals surface area contributed by atoms with E-state index in [-0.39, 0.29) is 17.5 Å². The summed E-state index contributed by atoms with van der Waals surface area (Å²) in [6.45, 7) is 2.25. The topological polar surface area (TPSA) is 113 Å². The summed E-state index contributed by atoms with van der Waals surface area (Å²) in [7, 11) is -0.724. The van der Waals surface area contributed by atoms with Gasteiger partial charge in [-0.3, -0.25) is 14.5 Å². The van der Waals surface area contributed by atoms with E-state index in [0.29, 0.717) is 23.4 Å². The molecule has 0 spiro atoms. The van der Waals surface area contributed by atoms with Crippen LogP contribution in [0.1, 0.15) is 44.9 Å². The third-order valence-corrected chi connectivity index (χ3v) is 8.03. The molecule has 2 fully saturated rings. The fourth-order valence-corrected chi connectivity index (χ4v) is 5.39. The number of amides is 4. The Kier molecular flexibility index (Phi) is 5.80. The van der Waals surface area contributed by atoms with Crippen molar-refractivity contribution in [3.63, 3.8) is 0 Å². The Labute approximate surface area is 186 Å². The van der Waals surface area contributed by atoms with Gasteiger partial charge in [-0.1, -0.05) is 19.3 Å². The van der Waals surface area contributed by atoms with Gasteiger partial charge in [-0.05, 0) is 38.0 Å². The predicted octanol–water partition coefficient (Wildman–Crippen LogP) is 1.93. The molecule has 0 N–H and O–H groups in total. The minimum Gasteiger partial charge on any atom is -0.327 e. The number of aryl methyl sites for hydroxylation is 1. The number of fused-ring (bicyclic) bond motifs is 1. The van der Waals surface area contributed by atoms with E-state index in [0.717, 1.165) is 46.2 Å². The van der Waals surface area contributed by atoms with Crippen molar-refractivity contribution in [2.75, 3.05) is 14.1 Å². The second kappa shape index (κ2) is 8.28. The molecular formula is C21H27N5O5S. The van der Waals surface area contributed by atoms with Gasteiger partial charge in [0.15, 0.2) is 0 Å². The summed E-state index contributed by atoms with van der Waals surface area (Å²) in [6.07, 6.45) is 4.36. The summed E-state index contributed by atoms with van der Waals surface area (Å²) in [5, 5.41) is 0. The summed E-state index contributed by atoms with van der Waals surface area (Å²) >= 11 is 0. The molecule has 1 aromatic heterocycles. The van der Waals surface area contributed by atoms with Crippen LogP contribution < -0.4 is 0 Å². The van der Waals surface area contributed by atoms with Crippen LogP contribution in [-0.4, -0.2) is 70.1 Å². The molecule has 1 saturated carbocycles. The highest BCUT2D eigenvalue weighted by Gasteiger charge is 2.48. The number of sulfonamides is 1. The third-order valence-electron chi connectivity index (χ3n) is 6.22. The van der Waals surface area contributed by atoms with Gasteiger partial charge in [0.2, 0.25) is 10.0 Å². The Morgan fingerprint density at radius 2 is 1.75 bits per heavy atom. The molecule has 0 bridgehead atoms. The zero-order chi connectivity index (χ0) is 23.2.